The summed E-state index contributed by atoms with van der Waals surface area (Å²) in [6, 6.07) is 6.90. The lowest BCUT2D eigenvalue weighted by atomic mass is 10.00. The van der Waals surface area contributed by atoms with Gasteiger partial charge in [-0.05, 0) is 83.9 Å². The zero-order valence-corrected chi connectivity index (χ0v) is 21.4. The minimum absolute atomic E-state index is 0.0235. The summed E-state index contributed by atoms with van der Waals surface area (Å²) >= 11 is 0. The van der Waals surface area contributed by atoms with Gasteiger partial charge in [0.15, 0.2) is 0 Å². The molecular formula is C24H33N3O6S. The van der Waals surface area contributed by atoms with Crippen LogP contribution >= 0.6 is 0 Å². The molecule has 0 bridgehead atoms. The van der Waals surface area contributed by atoms with Gasteiger partial charge in [0.05, 0.1) is 0 Å². The summed E-state index contributed by atoms with van der Waals surface area (Å²) in [5.41, 5.74) is 0.260. The Hall–Kier alpha value is -3.14. The average molecular weight is 492 g/mol. The summed E-state index contributed by atoms with van der Waals surface area (Å²) in [6.07, 6.45) is 2.05. The Morgan fingerprint density at radius 3 is 2.24 bits per heavy atom. The number of esters is 1. The number of ether oxygens (including phenoxy) is 2. The lowest BCUT2D eigenvalue weighted by Gasteiger charge is -2.26. The maximum Gasteiger partial charge on any atom is 0.408 e. The van der Waals surface area contributed by atoms with Crippen LogP contribution in [0, 0.1) is 6.92 Å². The number of alkyl carbamates (subject to hydrolysis) is 1. The Morgan fingerprint density at radius 2 is 1.68 bits per heavy atom. The van der Waals surface area contributed by atoms with Crippen molar-refractivity contribution in [2.45, 2.75) is 77.0 Å². The molecule has 0 unspecified atom stereocenters. The van der Waals surface area contributed by atoms with Crippen LogP contribution in [0.1, 0.15) is 52.7 Å². The van der Waals surface area contributed by atoms with Gasteiger partial charge in [0, 0.05) is 24.5 Å². The van der Waals surface area contributed by atoms with Crippen molar-refractivity contribution in [1.29, 1.82) is 0 Å². The number of hydrogen-bond donors (Lipinski definition) is 2. The third-order valence-corrected chi connectivity index (χ3v) is 5.72. The molecule has 0 spiro atoms. The molecule has 0 aliphatic rings. The fraction of sp³-hybridized carbons (Fsp3) is 0.458. The molecule has 0 aliphatic heterocycles. The quantitative estimate of drug-likeness (QED) is 0.562. The van der Waals surface area contributed by atoms with Crippen LogP contribution in [0.5, 0.6) is 0 Å². The molecule has 0 saturated carbocycles. The van der Waals surface area contributed by atoms with Gasteiger partial charge in [0.25, 0.3) is 10.0 Å². The minimum Gasteiger partial charge on any atom is -0.458 e. The van der Waals surface area contributed by atoms with Crippen LogP contribution in [0.3, 0.4) is 0 Å². The van der Waals surface area contributed by atoms with Crippen LogP contribution in [-0.4, -0.2) is 42.7 Å². The Labute approximate surface area is 201 Å². The number of pyridine rings is 1. The third-order valence-electron chi connectivity index (χ3n) is 4.35. The van der Waals surface area contributed by atoms with Crippen LogP contribution in [0.2, 0.25) is 0 Å². The highest BCUT2D eigenvalue weighted by Crippen LogP contribution is 2.21. The van der Waals surface area contributed by atoms with Gasteiger partial charge in [-0.25, -0.2) is 18.0 Å². The highest BCUT2D eigenvalue weighted by Gasteiger charge is 2.29. The average Bonchev–Trinajstić information content (AvgIpc) is 2.67. The second-order valence-electron chi connectivity index (χ2n) is 9.87. The summed E-state index contributed by atoms with van der Waals surface area (Å²) in [4.78, 5) is 29.1. The molecular weight excluding hydrogens is 458 g/mol. The molecule has 2 N–H and O–H groups in total. The smallest absolute Gasteiger partial charge is 0.408 e. The Balaban J connectivity index is 2.30. The fourth-order valence-corrected chi connectivity index (χ4v) is 3.92. The number of amides is 1. The number of carbonyl (C=O) groups is 2. The number of aromatic nitrogens is 1. The van der Waals surface area contributed by atoms with Crippen molar-refractivity contribution < 1.29 is 27.5 Å². The zero-order chi connectivity index (χ0) is 25.7. The molecule has 1 atom stereocenters. The van der Waals surface area contributed by atoms with Gasteiger partial charge in [-0.3, -0.25) is 9.71 Å². The number of nitrogens with one attached hydrogen (secondary N) is 2. The van der Waals surface area contributed by atoms with E-state index < -0.39 is 39.3 Å². The number of hydrogen-bond acceptors (Lipinski definition) is 7. The number of benzene rings is 1. The summed E-state index contributed by atoms with van der Waals surface area (Å²) in [6.45, 7) is 12.2. The highest BCUT2D eigenvalue weighted by molar-refractivity contribution is 7.92. The lowest BCUT2D eigenvalue weighted by Crippen LogP contribution is -2.47. The number of rotatable bonds is 7. The van der Waals surface area contributed by atoms with Crippen molar-refractivity contribution in [1.82, 2.24) is 10.3 Å². The van der Waals surface area contributed by atoms with E-state index in [2.05, 4.69) is 15.0 Å². The topological polar surface area (TPSA) is 124 Å². The molecule has 0 saturated heterocycles. The normalized spacial score (nSPS) is 13.0. The maximum absolute atomic E-state index is 12.9. The lowest BCUT2D eigenvalue weighted by molar-refractivity contribution is -0.157. The predicted octanol–water partition coefficient (Wildman–Crippen LogP) is 3.97. The predicted molar refractivity (Wildman–Crippen MR) is 129 cm³/mol. The van der Waals surface area contributed by atoms with Gasteiger partial charge >= 0.3 is 12.1 Å². The first-order valence-electron chi connectivity index (χ1n) is 10.8. The van der Waals surface area contributed by atoms with E-state index in [9.17, 15) is 18.0 Å². The van der Waals surface area contributed by atoms with Crippen LogP contribution in [-0.2, 0) is 30.7 Å². The molecule has 0 aliphatic carbocycles. The van der Waals surface area contributed by atoms with E-state index in [1.165, 1.54) is 24.5 Å². The fourth-order valence-electron chi connectivity index (χ4n) is 2.91. The van der Waals surface area contributed by atoms with Crippen molar-refractivity contribution >= 4 is 27.8 Å². The molecule has 1 aromatic heterocycles. The van der Waals surface area contributed by atoms with E-state index in [4.69, 9.17) is 9.47 Å². The van der Waals surface area contributed by atoms with Gasteiger partial charge in [0.2, 0.25) is 0 Å². The number of sulfonamides is 1. The van der Waals surface area contributed by atoms with E-state index in [-0.39, 0.29) is 11.3 Å². The van der Waals surface area contributed by atoms with Crippen molar-refractivity contribution in [3.8, 4) is 0 Å². The minimum atomic E-state index is -3.84. The Morgan fingerprint density at radius 1 is 1.03 bits per heavy atom. The number of carbonyl (C=O) groups excluding carboxylic acids is 2. The van der Waals surface area contributed by atoms with Crippen LogP contribution in [0.4, 0.5) is 10.5 Å². The standard InChI is InChI=1S/C24H33N3O6S/c1-16-10-11-18(27-34(30,31)19-9-8-12-25-15-19)13-17(16)14-20(21(28)32-23(2,3)4)26-22(29)33-24(5,6)7/h8-13,15,20,27H,14H2,1-7H3,(H,26,29)/t20-/m0/s1. The van der Waals surface area contributed by atoms with Crippen LogP contribution in [0.15, 0.2) is 47.6 Å². The zero-order valence-electron chi connectivity index (χ0n) is 20.6. The molecule has 0 fully saturated rings. The van der Waals surface area contributed by atoms with E-state index >= 15 is 0 Å². The number of nitrogens with zero attached hydrogens (tertiary/aromatic N) is 1. The molecule has 1 amide bonds. The highest BCUT2D eigenvalue weighted by atomic mass is 32.2. The third kappa shape index (κ3) is 8.66. The number of aryl methyl sites for hydroxylation is 1. The maximum atomic E-state index is 12.9. The molecule has 2 rings (SSSR count). The number of anilines is 1. The first kappa shape index (κ1) is 27.1. The second-order valence-corrected chi connectivity index (χ2v) is 11.6. The molecule has 10 heteroatoms. The first-order valence-corrected chi connectivity index (χ1v) is 12.3. The summed E-state index contributed by atoms with van der Waals surface area (Å²) < 4.78 is 38.6. The molecule has 186 valence electrons. The van der Waals surface area contributed by atoms with E-state index in [0.29, 0.717) is 11.3 Å². The summed E-state index contributed by atoms with van der Waals surface area (Å²) in [5, 5.41) is 2.58. The van der Waals surface area contributed by atoms with Crippen molar-refractivity contribution in [3.05, 3.63) is 53.9 Å². The van der Waals surface area contributed by atoms with Crippen LogP contribution < -0.4 is 10.0 Å². The van der Waals surface area contributed by atoms with Crippen molar-refractivity contribution in [3.63, 3.8) is 0 Å². The van der Waals surface area contributed by atoms with Crippen molar-refractivity contribution in [2.75, 3.05) is 4.72 Å². The van der Waals surface area contributed by atoms with E-state index in [0.717, 1.165) is 5.56 Å². The Bertz CT molecular complexity index is 1120. The van der Waals surface area contributed by atoms with E-state index in [1.807, 2.05) is 6.92 Å². The molecule has 0 radical (unpaired) electrons. The van der Waals surface area contributed by atoms with Gasteiger partial charge in [0.1, 0.15) is 22.1 Å². The van der Waals surface area contributed by atoms with E-state index in [1.54, 1.807) is 59.7 Å². The van der Waals surface area contributed by atoms with Gasteiger partial charge < -0.3 is 14.8 Å². The monoisotopic (exact) mass is 491 g/mol. The van der Waals surface area contributed by atoms with Gasteiger partial charge in [-0.15, -0.1) is 0 Å². The molecule has 1 heterocycles. The largest absolute Gasteiger partial charge is 0.458 e. The van der Waals surface area contributed by atoms with Crippen LogP contribution in [0.25, 0.3) is 0 Å². The Kier molecular flexibility index (Phi) is 8.31. The summed E-state index contributed by atoms with van der Waals surface area (Å²) in [7, 11) is -3.84. The second kappa shape index (κ2) is 10.4. The molecule has 2 aromatic rings. The molecule has 9 nitrogen and oxygen atoms in total. The first-order chi connectivity index (χ1) is 15.6. The van der Waals surface area contributed by atoms with Gasteiger partial charge in [-0.1, -0.05) is 6.07 Å². The van der Waals surface area contributed by atoms with Crippen molar-refractivity contribution in [2.24, 2.45) is 0 Å². The molecule has 1 aromatic carbocycles. The van der Waals surface area contributed by atoms with Gasteiger partial charge in [-0.2, -0.15) is 0 Å². The SMILES string of the molecule is Cc1ccc(NS(=O)(=O)c2cccnc2)cc1C[C@H](NC(=O)OC(C)(C)C)C(=O)OC(C)(C)C. The summed E-state index contributed by atoms with van der Waals surface area (Å²) in [5.74, 6) is -0.626. The molecule has 34 heavy (non-hydrogen) atoms.